The summed E-state index contributed by atoms with van der Waals surface area (Å²) < 4.78 is 39.0. The average Bonchev–Trinajstić information content (AvgIpc) is 3.56. The lowest BCUT2D eigenvalue weighted by atomic mass is 10.0. The standard InChI is InChI=1S/C34H33F3N4O2S/c35-34(36,37)29-14-11-26(12-15-29)13-16-32(42)41(25-31-38-17-22-44-31)30(23-27-7-3-1-4-8-27)33(43)40-20-18-39(19-21-40)24-28-9-5-2-6-10-28/h1-17,22,30H,18-21,23-25H2/b16-13+/t30-/m0/s1. The fourth-order valence-corrected chi connectivity index (χ4v) is 5.83. The predicted octanol–water partition coefficient (Wildman–Crippen LogP) is 6.16. The number of piperazine rings is 1. The van der Waals surface area contributed by atoms with E-state index in [1.54, 1.807) is 6.20 Å². The van der Waals surface area contributed by atoms with Gasteiger partial charge in [0, 0.05) is 56.8 Å². The lowest BCUT2D eigenvalue weighted by Gasteiger charge is -2.39. The number of hydrogen-bond donors (Lipinski definition) is 0. The van der Waals surface area contributed by atoms with Crippen molar-refractivity contribution in [2.45, 2.75) is 31.7 Å². The van der Waals surface area contributed by atoms with Crippen LogP contribution in [0.2, 0.25) is 0 Å². The van der Waals surface area contributed by atoms with E-state index in [2.05, 4.69) is 22.0 Å². The van der Waals surface area contributed by atoms with E-state index in [0.717, 1.165) is 24.2 Å². The Labute approximate surface area is 259 Å². The Morgan fingerprint density at radius 3 is 2.11 bits per heavy atom. The number of hydrogen-bond acceptors (Lipinski definition) is 5. The van der Waals surface area contributed by atoms with Gasteiger partial charge in [0.15, 0.2) is 0 Å². The number of nitrogens with zero attached hydrogens (tertiary/aromatic N) is 4. The summed E-state index contributed by atoms with van der Waals surface area (Å²) >= 11 is 1.39. The third-order valence-electron chi connectivity index (χ3n) is 7.59. The SMILES string of the molecule is O=C([C@H](Cc1ccccc1)N(Cc1nccs1)C(=O)/C=C/c1ccc(C(F)(F)F)cc1)N1CCN(Cc2ccccc2)CC1. The molecule has 44 heavy (non-hydrogen) atoms. The summed E-state index contributed by atoms with van der Waals surface area (Å²) in [5.41, 5.74) is 1.82. The van der Waals surface area contributed by atoms with Gasteiger partial charge in [0.2, 0.25) is 11.8 Å². The van der Waals surface area contributed by atoms with Crippen molar-refractivity contribution < 1.29 is 22.8 Å². The lowest BCUT2D eigenvalue weighted by Crippen LogP contribution is -2.56. The minimum atomic E-state index is -4.44. The summed E-state index contributed by atoms with van der Waals surface area (Å²) in [4.78, 5) is 38.1. The van der Waals surface area contributed by atoms with Gasteiger partial charge in [-0.2, -0.15) is 13.2 Å². The van der Waals surface area contributed by atoms with Crippen LogP contribution in [0.25, 0.3) is 6.08 Å². The van der Waals surface area contributed by atoms with Crippen LogP contribution in [-0.2, 0) is 35.3 Å². The van der Waals surface area contributed by atoms with Crippen molar-refractivity contribution in [3.05, 3.63) is 130 Å². The molecular weight excluding hydrogens is 585 g/mol. The third-order valence-corrected chi connectivity index (χ3v) is 8.36. The number of carbonyl (C=O) groups is 2. The molecule has 0 radical (unpaired) electrons. The van der Waals surface area contributed by atoms with Crippen LogP contribution in [0.3, 0.4) is 0 Å². The monoisotopic (exact) mass is 618 g/mol. The summed E-state index contributed by atoms with van der Waals surface area (Å²) in [6.45, 7) is 3.44. The highest BCUT2D eigenvalue weighted by molar-refractivity contribution is 7.09. The molecule has 0 unspecified atom stereocenters. The molecule has 6 nitrogen and oxygen atoms in total. The van der Waals surface area contributed by atoms with Crippen LogP contribution in [0, 0.1) is 0 Å². The van der Waals surface area contributed by atoms with E-state index in [1.165, 1.54) is 46.1 Å². The third kappa shape index (κ3) is 8.42. The molecule has 2 heterocycles. The van der Waals surface area contributed by atoms with Crippen LogP contribution in [0.5, 0.6) is 0 Å². The molecule has 0 spiro atoms. The van der Waals surface area contributed by atoms with Crippen molar-refractivity contribution in [1.82, 2.24) is 19.7 Å². The highest BCUT2D eigenvalue weighted by atomic mass is 32.1. The highest BCUT2D eigenvalue weighted by Gasteiger charge is 2.34. The first kappa shape index (κ1) is 31.2. The molecule has 5 rings (SSSR count). The maximum Gasteiger partial charge on any atom is 0.416 e. The summed E-state index contributed by atoms with van der Waals surface area (Å²) in [6.07, 6.45) is 0.319. The van der Waals surface area contributed by atoms with E-state index in [1.807, 2.05) is 58.8 Å². The van der Waals surface area contributed by atoms with E-state index < -0.39 is 23.7 Å². The van der Waals surface area contributed by atoms with Gasteiger partial charge in [-0.3, -0.25) is 14.5 Å². The molecule has 1 saturated heterocycles. The molecule has 1 fully saturated rings. The molecule has 0 aliphatic carbocycles. The van der Waals surface area contributed by atoms with Crippen LogP contribution >= 0.6 is 11.3 Å². The molecule has 1 atom stereocenters. The maximum atomic E-state index is 14.2. The maximum absolute atomic E-state index is 14.2. The molecule has 10 heteroatoms. The normalized spacial score (nSPS) is 14.9. The molecule has 0 N–H and O–H groups in total. The van der Waals surface area contributed by atoms with Gasteiger partial charge in [0.25, 0.3) is 0 Å². The van der Waals surface area contributed by atoms with Gasteiger partial charge in [-0.25, -0.2) is 4.98 Å². The van der Waals surface area contributed by atoms with E-state index in [9.17, 15) is 22.8 Å². The molecule has 1 aliphatic heterocycles. The van der Waals surface area contributed by atoms with Crippen molar-refractivity contribution in [2.75, 3.05) is 26.2 Å². The molecular formula is C34H33F3N4O2S. The summed E-state index contributed by atoms with van der Waals surface area (Å²) in [5, 5.41) is 2.50. The first-order valence-corrected chi connectivity index (χ1v) is 15.3. The Balaban J connectivity index is 1.37. The fourth-order valence-electron chi connectivity index (χ4n) is 5.21. The molecule has 228 valence electrons. The van der Waals surface area contributed by atoms with Crippen molar-refractivity contribution >= 4 is 29.2 Å². The molecule has 1 aliphatic rings. The highest BCUT2D eigenvalue weighted by Crippen LogP contribution is 2.29. The number of amides is 2. The van der Waals surface area contributed by atoms with Gasteiger partial charge < -0.3 is 9.80 Å². The van der Waals surface area contributed by atoms with E-state index >= 15 is 0 Å². The zero-order valence-corrected chi connectivity index (χ0v) is 24.9. The molecule has 4 aromatic rings. The van der Waals surface area contributed by atoms with Crippen LogP contribution in [0.1, 0.15) is 27.3 Å². The number of rotatable bonds is 10. The van der Waals surface area contributed by atoms with Crippen molar-refractivity contribution in [2.24, 2.45) is 0 Å². The number of carbonyl (C=O) groups excluding carboxylic acids is 2. The fraction of sp³-hybridized carbons (Fsp3) is 0.265. The first-order valence-electron chi connectivity index (χ1n) is 14.4. The number of alkyl halides is 3. The smallest absolute Gasteiger partial charge is 0.338 e. The van der Waals surface area contributed by atoms with Crippen molar-refractivity contribution in [3.63, 3.8) is 0 Å². The minimum absolute atomic E-state index is 0.130. The molecule has 2 amide bonds. The number of thiazole rings is 1. The van der Waals surface area contributed by atoms with Gasteiger partial charge in [-0.15, -0.1) is 11.3 Å². The number of aromatic nitrogens is 1. The largest absolute Gasteiger partial charge is 0.416 e. The van der Waals surface area contributed by atoms with E-state index in [0.29, 0.717) is 43.2 Å². The zero-order chi connectivity index (χ0) is 30.9. The van der Waals surface area contributed by atoms with Crippen LogP contribution in [0.4, 0.5) is 13.2 Å². The van der Waals surface area contributed by atoms with Gasteiger partial charge >= 0.3 is 6.18 Å². The van der Waals surface area contributed by atoms with Crippen LogP contribution in [-0.4, -0.2) is 63.7 Å². The molecule has 0 bridgehead atoms. The summed E-state index contributed by atoms with van der Waals surface area (Å²) in [6, 6.07) is 23.6. The van der Waals surface area contributed by atoms with Crippen LogP contribution < -0.4 is 0 Å². The Hall–Kier alpha value is -4.28. The Kier molecular flexibility index (Phi) is 10.2. The van der Waals surface area contributed by atoms with Gasteiger partial charge in [-0.05, 0) is 34.9 Å². The zero-order valence-electron chi connectivity index (χ0n) is 24.1. The Bertz CT molecular complexity index is 1520. The second-order valence-electron chi connectivity index (χ2n) is 10.6. The summed E-state index contributed by atoms with van der Waals surface area (Å²) in [7, 11) is 0. The van der Waals surface area contributed by atoms with E-state index in [4.69, 9.17) is 0 Å². The number of halogens is 3. The van der Waals surface area contributed by atoms with Gasteiger partial charge in [-0.1, -0.05) is 72.8 Å². The molecule has 1 aromatic heterocycles. The molecule has 3 aromatic carbocycles. The van der Waals surface area contributed by atoms with Crippen LogP contribution in [0.15, 0.2) is 103 Å². The van der Waals surface area contributed by atoms with Gasteiger partial charge in [0.05, 0.1) is 12.1 Å². The van der Waals surface area contributed by atoms with Crippen molar-refractivity contribution in [1.29, 1.82) is 0 Å². The topological polar surface area (TPSA) is 56.8 Å². The first-order chi connectivity index (χ1) is 21.3. The van der Waals surface area contributed by atoms with E-state index in [-0.39, 0.29) is 12.5 Å². The van der Waals surface area contributed by atoms with Gasteiger partial charge in [0.1, 0.15) is 11.0 Å². The van der Waals surface area contributed by atoms with Crippen molar-refractivity contribution in [3.8, 4) is 0 Å². The molecule has 0 saturated carbocycles. The predicted molar refractivity (Wildman–Crippen MR) is 165 cm³/mol. The second kappa shape index (κ2) is 14.5. The number of benzene rings is 3. The second-order valence-corrected chi connectivity index (χ2v) is 11.6. The summed E-state index contributed by atoms with van der Waals surface area (Å²) in [5.74, 6) is -0.557. The average molecular weight is 619 g/mol. The lowest BCUT2D eigenvalue weighted by molar-refractivity contribution is -0.145. The Morgan fingerprint density at radius 1 is 0.886 bits per heavy atom. The minimum Gasteiger partial charge on any atom is -0.338 e. The quantitative estimate of drug-likeness (QED) is 0.200. The Morgan fingerprint density at radius 2 is 1.52 bits per heavy atom.